The SMILES string of the molecule is CCOc1cc(C2C3=C(CC(C)(C)CC3=O)N(CC(=O)O)C3=C2C(=O)CC(C)(C)C3)cc(Br)c1OCc1ccc([N+](=O)[O-])cc1. The first kappa shape index (κ1) is 32.4. The number of ketones is 2. The van der Waals surface area contributed by atoms with Gasteiger partial charge in [-0.05, 0) is 81.9 Å². The molecular weight excluding hydrogens is 644 g/mol. The van der Waals surface area contributed by atoms with Crippen LogP contribution in [0.5, 0.6) is 11.5 Å². The zero-order valence-electron chi connectivity index (χ0n) is 26.1. The van der Waals surface area contributed by atoms with Gasteiger partial charge in [0.25, 0.3) is 5.69 Å². The molecule has 0 saturated carbocycles. The Labute approximate surface area is 270 Å². The molecule has 5 rings (SSSR count). The van der Waals surface area contributed by atoms with Crippen molar-refractivity contribution in [1.82, 2.24) is 4.90 Å². The van der Waals surface area contributed by atoms with Gasteiger partial charge in [-0.2, -0.15) is 0 Å². The number of hydrogen-bond acceptors (Lipinski definition) is 8. The third kappa shape index (κ3) is 6.54. The van der Waals surface area contributed by atoms with Crippen LogP contribution in [0.2, 0.25) is 0 Å². The molecule has 10 nitrogen and oxygen atoms in total. The standard InChI is InChI=1S/C34H37BrN2O8/c1-6-44-27-12-20(11-22(35)32(27)45-18-19-7-9-21(10-8-19)37(42)43)29-30-23(13-33(2,3)15-25(30)38)36(17-28(40)41)24-14-34(4,5)16-26(39)31(24)29/h7-12,29H,6,13-18H2,1-5H3,(H,40,41). The smallest absolute Gasteiger partial charge is 0.323 e. The van der Waals surface area contributed by atoms with Gasteiger partial charge in [0.15, 0.2) is 23.1 Å². The summed E-state index contributed by atoms with van der Waals surface area (Å²) in [7, 11) is 0. The highest BCUT2D eigenvalue weighted by atomic mass is 79.9. The lowest BCUT2D eigenvalue weighted by molar-refractivity contribution is -0.384. The Balaban J connectivity index is 1.64. The molecule has 1 aliphatic heterocycles. The largest absolute Gasteiger partial charge is 0.490 e. The highest BCUT2D eigenvalue weighted by molar-refractivity contribution is 9.10. The number of nitro benzene ring substituents is 1. The molecule has 0 amide bonds. The van der Waals surface area contributed by atoms with Crippen LogP contribution in [0.1, 0.15) is 77.3 Å². The minimum Gasteiger partial charge on any atom is -0.490 e. The van der Waals surface area contributed by atoms with Crippen LogP contribution in [0.3, 0.4) is 0 Å². The number of aliphatic carboxylic acids is 1. The number of carboxylic acids is 1. The van der Waals surface area contributed by atoms with E-state index in [1.165, 1.54) is 12.1 Å². The highest BCUT2D eigenvalue weighted by Crippen LogP contribution is 2.55. The first-order chi connectivity index (χ1) is 21.1. The lowest BCUT2D eigenvalue weighted by Gasteiger charge is -2.48. The Bertz CT molecular complexity index is 1600. The summed E-state index contributed by atoms with van der Waals surface area (Å²) in [6, 6.07) is 9.71. The maximum Gasteiger partial charge on any atom is 0.323 e. The number of nitro groups is 1. The van der Waals surface area contributed by atoms with Gasteiger partial charge in [0.05, 0.1) is 16.0 Å². The van der Waals surface area contributed by atoms with Crippen LogP contribution in [0.4, 0.5) is 5.69 Å². The molecule has 238 valence electrons. The minimum absolute atomic E-state index is 0.0164. The van der Waals surface area contributed by atoms with Gasteiger partial charge in [0.2, 0.25) is 0 Å². The normalized spacial score (nSPS) is 19.3. The summed E-state index contributed by atoms with van der Waals surface area (Å²) in [5.74, 6) is -1.09. The third-order valence-electron chi connectivity index (χ3n) is 8.51. The molecule has 1 heterocycles. The Hall–Kier alpha value is -3.99. The van der Waals surface area contributed by atoms with Crippen molar-refractivity contribution < 1.29 is 33.9 Å². The minimum atomic E-state index is -1.03. The number of allylic oxidation sites excluding steroid dienone is 4. The van der Waals surface area contributed by atoms with E-state index in [-0.39, 0.29) is 54.1 Å². The van der Waals surface area contributed by atoms with Crippen molar-refractivity contribution in [2.45, 2.75) is 72.8 Å². The average Bonchev–Trinajstić information content (AvgIpc) is 2.92. The van der Waals surface area contributed by atoms with Gasteiger partial charge in [-0.15, -0.1) is 0 Å². The van der Waals surface area contributed by atoms with Gasteiger partial charge in [-0.3, -0.25) is 24.5 Å². The van der Waals surface area contributed by atoms with Crippen molar-refractivity contribution in [2.75, 3.05) is 13.2 Å². The van der Waals surface area contributed by atoms with Crippen molar-refractivity contribution >= 4 is 39.2 Å². The summed E-state index contributed by atoms with van der Waals surface area (Å²) in [6.45, 7) is 9.96. The average molecular weight is 682 g/mol. The summed E-state index contributed by atoms with van der Waals surface area (Å²) in [6.07, 6.45) is 1.56. The molecule has 2 aliphatic carbocycles. The van der Waals surface area contributed by atoms with Crippen LogP contribution in [0.25, 0.3) is 0 Å². The van der Waals surface area contributed by atoms with Crippen molar-refractivity contribution in [3.63, 3.8) is 0 Å². The number of nitrogens with zero attached hydrogens (tertiary/aromatic N) is 2. The molecule has 0 saturated heterocycles. The second-order valence-corrected chi connectivity index (χ2v) is 14.3. The molecule has 2 aromatic rings. The van der Waals surface area contributed by atoms with Gasteiger partial charge in [0.1, 0.15) is 13.2 Å². The fourth-order valence-electron chi connectivity index (χ4n) is 6.73. The number of halogens is 1. The molecule has 0 unspecified atom stereocenters. The zero-order valence-corrected chi connectivity index (χ0v) is 27.7. The maximum absolute atomic E-state index is 14.0. The van der Waals surface area contributed by atoms with Gasteiger partial charge in [-0.1, -0.05) is 27.7 Å². The number of hydrogen-bond donors (Lipinski definition) is 1. The Morgan fingerprint density at radius 1 is 0.978 bits per heavy atom. The van der Waals surface area contributed by atoms with E-state index in [1.54, 1.807) is 23.1 Å². The second-order valence-electron chi connectivity index (χ2n) is 13.5. The molecule has 11 heteroatoms. The molecule has 0 spiro atoms. The summed E-state index contributed by atoms with van der Waals surface area (Å²) < 4.78 is 12.7. The number of rotatable bonds is 9. The van der Waals surface area contributed by atoms with Crippen molar-refractivity contribution in [3.05, 3.63) is 84.7 Å². The van der Waals surface area contributed by atoms with Gasteiger partial charge < -0.3 is 19.5 Å². The summed E-state index contributed by atoms with van der Waals surface area (Å²) in [5, 5.41) is 21.0. The van der Waals surface area contributed by atoms with E-state index in [4.69, 9.17) is 9.47 Å². The van der Waals surface area contributed by atoms with Crippen LogP contribution in [0.15, 0.2) is 63.4 Å². The van der Waals surface area contributed by atoms with Crippen LogP contribution in [-0.2, 0) is 21.0 Å². The molecule has 0 radical (unpaired) electrons. The van der Waals surface area contributed by atoms with Crippen LogP contribution >= 0.6 is 15.9 Å². The molecule has 1 N–H and O–H groups in total. The predicted molar refractivity (Wildman–Crippen MR) is 170 cm³/mol. The second kappa shape index (κ2) is 12.1. The van der Waals surface area contributed by atoms with Gasteiger partial charge in [0, 0.05) is 53.4 Å². The first-order valence-electron chi connectivity index (χ1n) is 14.9. The van der Waals surface area contributed by atoms with E-state index < -0.39 is 16.8 Å². The number of carbonyl (C=O) groups is 3. The fraction of sp³-hybridized carbons (Fsp3) is 0.441. The van der Waals surface area contributed by atoms with E-state index >= 15 is 0 Å². The van der Waals surface area contributed by atoms with E-state index in [2.05, 4.69) is 15.9 Å². The van der Waals surface area contributed by atoms with E-state index in [9.17, 15) is 29.6 Å². The molecular formula is C34H37BrN2O8. The molecule has 2 aromatic carbocycles. The predicted octanol–water partition coefficient (Wildman–Crippen LogP) is 7.11. The summed E-state index contributed by atoms with van der Waals surface area (Å²) in [5.41, 5.74) is 2.89. The van der Waals surface area contributed by atoms with E-state index in [1.807, 2.05) is 40.7 Å². The quantitative estimate of drug-likeness (QED) is 0.217. The van der Waals surface area contributed by atoms with Gasteiger partial charge >= 0.3 is 5.97 Å². The zero-order chi connectivity index (χ0) is 32.8. The Morgan fingerprint density at radius 3 is 2.02 bits per heavy atom. The molecule has 3 aliphatic rings. The molecule has 0 bridgehead atoms. The van der Waals surface area contributed by atoms with Gasteiger partial charge in [-0.25, -0.2) is 0 Å². The lowest BCUT2D eigenvalue weighted by Crippen LogP contribution is -2.45. The number of carboxylic acid groups (broad SMARTS) is 1. The lowest BCUT2D eigenvalue weighted by atomic mass is 9.63. The van der Waals surface area contributed by atoms with Crippen molar-refractivity contribution in [2.24, 2.45) is 10.8 Å². The first-order valence-corrected chi connectivity index (χ1v) is 15.7. The van der Waals surface area contributed by atoms with Crippen LogP contribution in [0, 0.1) is 20.9 Å². The van der Waals surface area contributed by atoms with Crippen LogP contribution in [-0.4, -0.2) is 45.6 Å². The maximum atomic E-state index is 14.0. The van der Waals surface area contributed by atoms with Crippen molar-refractivity contribution in [3.8, 4) is 11.5 Å². The number of Topliss-reactive ketones (excluding diaryl/α,β-unsaturated/α-hetero) is 2. The number of carbonyl (C=O) groups excluding carboxylic acids is 2. The van der Waals surface area contributed by atoms with Crippen LogP contribution < -0.4 is 9.47 Å². The van der Waals surface area contributed by atoms with E-state index in [0.29, 0.717) is 63.5 Å². The molecule has 0 atom stereocenters. The Morgan fingerprint density at radius 2 is 1.53 bits per heavy atom. The topological polar surface area (TPSA) is 136 Å². The third-order valence-corrected chi connectivity index (χ3v) is 9.10. The van der Waals surface area contributed by atoms with Crippen molar-refractivity contribution in [1.29, 1.82) is 0 Å². The van der Waals surface area contributed by atoms with E-state index in [0.717, 1.165) is 5.56 Å². The number of non-ortho nitro benzene ring substituents is 1. The fourth-order valence-corrected chi connectivity index (χ4v) is 7.31. The Kier molecular flexibility index (Phi) is 8.70. The molecule has 45 heavy (non-hydrogen) atoms. The number of ether oxygens (including phenoxy) is 2. The molecule has 0 fully saturated rings. The summed E-state index contributed by atoms with van der Waals surface area (Å²) in [4.78, 5) is 52.4. The monoisotopic (exact) mass is 680 g/mol. The summed E-state index contributed by atoms with van der Waals surface area (Å²) >= 11 is 3.64. The molecule has 0 aromatic heterocycles. The highest BCUT2D eigenvalue weighted by Gasteiger charge is 2.49. The number of benzene rings is 2.